The molecule has 2 aromatic rings. The number of aromatic nitrogens is 3. The lowest BCUT2D eigenvalue weighted by Gasteiger charge is -2.12. The quantitative estimate of drug-likeness (QED) is 0.676. The van der Waals surface area contributed by atoms with E-state index >= 15 is 0 Å². The molecule has 1 aromatic heterocycles. The Balaban J connectivity index is 2.25. The number of nitrogen functional groups attached to an aromatic ring is 1. The minimum Gasteiger partial charge on any atom is -0.611 e. The topological polar surface area (TPSA) is 79.8 Å². The van der Waals surface area contributed by atoms with Gasteiger partial charge in [0.15, 0.2) is 4.90 Å². The first kappa shape index (κ1) is 17.4. The van der Waals surface area contributed by atoms with Gasteiger partial charge >= 0.3 is 12.4 Å². The molecule has 1 unspecified atom stereocenters. The van der Waals surface area contributed by atoms with E-state index in [0.717, 1.165) is 24.3 Å². The van der Waals surface area contributed by atoms with E-state index in [2.05, 4.69) is 10.1 Å². The van der Waals surface area contributed by atoms with Crippen molar-refractivity contribution in [2.45, 2.75) is 17.2 Å². The molecule has 0 saturated heterocycles. The van der Waals surface area contributed by atoms with Crippen molar-refractivity contribution in [3.63, 3.8) is 0 Å². The van der Waals surface area contributed by atoms with Crippen LogP contribution in [0.4, 0.5) is 32.3 Å². The molecule has 0 aliphatic rings. The molecule has 12 heteroatoms. The van der Waals surface area contributed by atoms with Gasteiger partial charge in [0.05, 0.1) is 5.69 Å². The van der Waals surface area contributed by atoms with Crippen molar-refractivity contribution in [3.05, 3.63) is 30.1 Å². The second-order valence-electron chi connectivity index (χ2n) is 4.30. The van der Waals surface area contributed by atoms with Crippen molar-refractivity contribution in [1.82, 2.24) is 14.8 Å². The molecule has 1 aromatic carbocycles. The van der Waals surface area contributed by atoms with E-state index < -0.39 is 41.1 Å². The van der Waals surface area contributed by atoms with E-state index in [-0.39, 0.29) is 10.6 Å². The van der Waals surface area contributed by atoms with Gasteiger partial charge < -0.3 is 10.3 Å². The highest BCUT2D eigenvalue weighted by atomic mass is 32.2. The smallest absolute Gasteiger partial charge is 0.453 e. The maximum atomic E-state index is 12.5. The molecular formula is C11H8F6N4OS. The highest BCUT2D eigenvalue weighted by Gasteiger charge is 2.37. The first-order valence-electron chi connectivity index (χ1n) is 5.82. The SMILES string of the molecule is Nc1nc(C(F)(F)F)nn1-c1ccc([S+]([O-])CC(F)(F)F)cc1. The molecule has 0 bridgehead atoms. The summed E-state index contributed by atoms with van der Waals surface area (Å²) in [5, 5.41) is 3.18. The van der Waals surface area contributed by atoms with Gasteiger partial charge in [0.25, 0.3) is 5.82 Å². The summed E-state index contributed by atoms with van der Waals surface area (Å²) in [6.07, 6.45) is -9.38. The normalized spacial score (nSPS) is 14.0. The minimum absolute atomic E-state index is 0.0401. The van der Waals surface area contributed by atoms with Gasteiger partial charge in [-0.25, -0.2) is 0 Å². The third kappa shape index (κ3) is 4.28. The third-order valence-electron chi connectivity index (χ3n) is 2.52. The molecule has 1 atom stereocenters. The zero-order valence-corrected chi connectivity index (χ0v) is 11.8. The van der Waals surface area contributed by atoms with Gasteiger partial charge in [0.2, 0.25) is 11.7 Å². The number of anilines is 1. The van der Waals surface area contributed by atoms with Crippen LogP contribution in [0, 0.1) is 0 Å². The van der Waals surface area contributed by atoms with Gasteiger partial charge in [-0.05, 0) is 35.4 Å². The fourth-order valence-corrected chi connectivity index (χ4v) is 2.51. The van der Waals surface area contributed by atoms with Crippen molar-refractivity contribution in [1.29, 1.82) is 0 Å². The summed E-state index contributed by atoms with van der Waals surface area (Å²) in [6, 6.07) is 4.47. The Morgan fingerprint density at radius 3 is 2.09 bits per heavy atom. The summed E-state index contributed by atoms with van der Waals surface area (Å²) in [5.74, 6) is -3.50. The molecule has 2 N–H and O–H groups in total. The van der Waals surface area contributed by atoms with Gasteiger partial charge in [0.1, 0.15) is 0 Å². The molecule has 0 aliphatic carbocycles. The van der Waals surface area contributed by atoms with Crippen LogP contribution in [0.5, 0.6) is 0 Å². The molecule has 0 fully saturated rings. The largest absolute Gasteiger partial charge is 0.611 e. The first-order chi connectivity index (χ1) is 10.5. The Bertz CT molecular complexity index is 681. The second-order valence-corrected chi connectivity index (χ2v) is 5.75. The summed E-state index contributed by atoms with van der Waals surface area (Å²) in [6.45, 7) is 0. The molecule has 23 heavy (non-hydrogen) atoms. The lowest BCUT2D eigenvalue weighted by molar-refractivity contribution is -0.144. The number of nitrogens with zero attached hydrogens (tertiary/aromatic N) is 3. The standard InChI is InChI=1S/C11H8F6N4OS/c12-10(13,14)5-23(22)7-3-1-6(2-4-7)21-9(18)19-8(20-21)11(15,16)17/h1-4H,5H2,(H2,18,19,20). The second kappa shape index (κ2) is 5.92. The van der Waals surface area contributed by atoms with Crippen LogP contribution < -0.4 is 5.73 Å². The number of nitrogens with two attached hydrogens (primary N) is 1. The average Bonchev–Trinajstić information content (AvgIpc) is 2.79. The van der Waals surface area contributed by atoms with Crippen LogP contribution in [0.1, 0.15) is 5.82 Å². The molecule has 1 heterocycles. The van der Waals surface area contributed by atoms with E-state index in [4.69, 9.17) is 5.73 Å². The Hall–Kier alpha value is -1.95. The van der Waals surface area contributed by atoms with Gasteiger partial charge in [0, 0.05) is 0 Å². The number of hydrogen-bond donors (Lipinski definition) is 1. The Labute approximate surface area is 128 Å². The van der Waals surface area contributed by atoms with E-state index in [1.807, 2.05) is 0 Å². The van der Waals surface area contributed by atoms with Crippen LogP contribution in [-0.4, -0.2) is 31.2 Å². The van der Waals surface area contributed by atoms with Crippen LogP contribution in [0.15, 0.2) is 29.2 Å². The predicted molar refractivity (Wildman–Crippen MR) is 68.1 cm³/mol. The van der Waals surface area contributed by atoms with Crippen LogP contribution in [0.25, 0.3) is 5.69 Å². The van der Waals surface area contributed by atoms with Crippen LogP contribution in [0.2, 0.25) is 0 Å². The molecule has 0 saturated carbocycles. The van der Waals surface area contributed by atoms with E-state index in [9.17, 15) is 30.9 Å². The number of halogens is 6. The number of benzene rings is 1. The summed E-state index contributed by atoms with van der Waals surface area (Å²) < 4.78 is 86.1. The fraction of sp³-hybridized carbons (Fsp3) is 0.273. The first-order valence-corrected chi connectivity index (χ1v) is 7.14. The van der Waals surface area contributed by atoms with Crippen molar-refractivity contribution >= 4 is 17.1 Å². The monoisotopic (exact) mass is 358 g/mol. The maximum Gasteiger partial charge on any atom is 0.453 e. The van der Waals surface area contributed by atoms with E-state index in [1.54, 1.807) is 0 Å². The predicted octanol–water partition coefficient (Wildman–Crippen LogP) is 2.54. The van der Waals surface area contributed by atoms with Crippen LogP contribution in [0.3, 0.4) is 0 Å². The molecule has 0 spiro atoms. The van der Waals surface area contributed by atoms with Crippen molar-refractivity contribution in [3.8, 4) is 5.69 Å². The molecule has 0 amide bonds. The lowest BCUT2D eigenvalue weighted by atomic mass is 10.3. The molecule has 126 valence electrons. The summed E-state index contributed by atoms with van der Waals surface area (Å²) >= 11 is -2.31. The molecular weight excluding hydrogens is 350 g/mol. The van der Waals surface area contributed by atoms with Gasteiger partial charge in [-0.1, -0.05) is 0 Å². The summed E-state index contributed by atoms with van der Waals surface area (Å²) in [5.41, 5.74) is 5.37. The van der Waals surface area contributed by atoms with Gasteiger partial charge in [-0.3, -0.25) is 0 Å². The van der Waals surface area contributed by atoms with Gasteiger partial charge in [-0.2, -0.15) is 36.0 Å². The molecule has 2 rings (SSSR count). The molecule has 0 aliphatic heterocycles. The van der Waals surface area contributed by atoms with Crippen molar-refractivity contribution in [2.24, 2.45) is 0 Å². The fourth-order valence-electron chi connectivity index (χ4n) is 1.61. The Kier molecular flexibility index (Phi) is 4.48. The summed E-state index contributed by atoms with van der Waals surface area (Å²) in [4.78, 5) is 2.94. The van der Waals surface area contributed by atoms with Crippen molar-refractivity contribution < 1.29 is 30.9 Å². The molecule has 5 nitrogen and oxygen atoms in total. The molecule has 0 radical (unpaired) electrons. The zero-order chi connectivity index (χ0) is 17.4. The highest BCUT2D eigenvalue weighted by Crippen LogP contribution is 2.28. The van der Waals surface area contributed by atoms with Crippen molar-refractivity contribution in [2.75, 3.05) is 11.5 Å². The third-order valence-corrected chi connectivity index (χ3v) is 3.91. The Morgan fingerprint density at radius 1 is 1.09 bits per heavy atom. The average molecular weight is 358 g/mol. The van der Waals surface area contributed by atoms with E-state index in [1.165, 1.54) is 0 Å². The van der Waals surface area contributed by atoms with Gasteiger partial charge in [-0.15, -0.1) is 5.10 Å². The number of hydrogen-bond acceptors (Lipinski definition) is 4. The Morgan fingerprint density at radius 2 is 1.65 bits per heavy atom. The lowest BCUT2D eigenvalue weighted by Crippen LogP contribution is -2.22. The minimum atomic E-state index is -4.78. The van der Waals surface area contributed by atoms with Crippen LogP contribution in [-0.2, 0) is 17.4 Å². The number of alkyl halides is 6. The summed E-state index contributed by atoms with van der Waals surface area (Å²) in [7, 11) is 0. The zero-order valence-electron chi connectivity index (χ0n) is 11.0. The van der Waals surface area contributed by atoms with Crippen LogP contribution >= 0.6 is 0 Å². The maximum absolute atomic E-state index is 12.5. The number of rotatable bonds is 3. The highest BCUT2D eigenvalue weighted by molar-refractivity contribution is 7.91. The van der Waals surface area contributed by atoms with E-state index in [0.29, 0.717) is 4.68 Å².